The first kappa shape index (κ1) is 11.6. The highest BCUT2D eigenvalue weighted by atomic mass is 16.6. The first-order valence-corrected chi connectivity index (χ1v) is 5.62. The van der Waals surface area contributed by atoms with Gasteiger partial charge in [0.05, 0.1) is 13.2 Å². The van der Waals surface area contributed by atoms with Crippen molar-refractivity contribution in [3.8, 4) is 0 Å². The van der Waals surface area contributed by atoms with Crippen LogP contribution in [-0.2, 0) is 24.5 Å². The highest BCUT2D eigenvalue weighted by Crippen LogP contribution is 2.35. The quantitative estimate of drug-likeness (QED) is 0.586. The van der Waals surface area contributed by atoms with Crippen molar-refractivity contribution < 1.29 is 19.1 Å². The van der Waals surface area contributed by atoms with E-state index in [9.17, 15) is 9.59 Å². The van der Waals surface area contributed by atoms with E-state index in [4.69, 9.17) is 9.47 Å². The molecule has 0 N–H and O–H groups in total. The van der Waals surface area contributed by atoms with Crippen molar-refractivity contribution in [3.05, 3.63) is 35.9 Å². The summed E-state index contributed by atoms with van der Waals surface area (Å²) < 4.78 is 9.97. The molecule has 1 saturated heterocycles. The molecule has 1 unspecified atom stereocenters. The minimum atomic E-state index is -1.27. The van der Waals surface area contributed by atoms with Crippen LogP contribution in [0.15, 0.2) is 30.3 Å². The number of hydrogen-bond acceptors (Lipinski definition) is 4. The maximum absolute atomic E-state index is 12.1. The zero-order valence-electron chi connectivity index (χ0n) is 9.64. The zero-order chi connectivity index (χ0) is 12.3. The molecule has 0 radical (unpaired) electrons. The number of hydrogen-bond donors (Lipinski definition) is 0. The van der Waals surface area contributed by atoms with Crippen LogP contribution in [0.25, 0.3) is 0 Å². The summed E-state index contributed by atoms with van der Waals surface area (Å²) in [5, 5.41) is 0. The lowest BCUT2D eigenvalue weighted by Gasteiger charge is -2.22. The van der Waals surface area contributed by atoms with Crippen molar-refractivity contribution in [1.29, 1.82) is 0 Å². The van der Waals surface area contributed by atoms with Gasteiger partial charge in [-0.3, -0.25) is 9.59 Å². The van der Waals surface area contributed by atoms with E-state index < -0.39 is 17.4 Å². The first-order chi connectivity index (χ1) is 8.21. The second-order valence-electron chi connectivity index (χ2n) is 3.88. The Hall–Kier alpha value is -1.84. The van der Waals surface area contributed by atoms with Crippen LogP contribution >= 0.6 is 0 Å². The number of ether oxygens (including phenoxy) is 2. The largest absolute Gasteiger partial charge is 0.465 e. The Balaban J connectivity index is 2.45. The van der Waals surface area contributed by atoms with Crippen LogP contribution in [0.1, 0.15) is 18.9 Å². The standard InChI is InChI=1S/C13H14O4/c1-2-16-11(14)13(8-9-17-12(13)15)10-6-4-3-5-7-10/h3-7H,2,8-9H2,1H3. The van der Waals surface area contributed by atoms with Crippen LogP contribution in [0.5, 0.6) is 0 Å². The number of esters is 2. The van der Waals surface area contributed by atoms with E-state index in [2.05, 4.69) is 0 Å². The zero-order valence-corrected chi connectivity index (χ0v) is 9.64. The van der Waals surface area contributed by atoms with E-state index in [1.807, 2.05) is 6.07 Å². The SMILES string of the molecule is CCOC(=O)C1(c2ccccc2)CCOC1=O. The number of rotatable bonds is 3. The Morgan fingerprint density at radius 2 is 2.12 bits per heavy atom. The van der Waals surface area contributed by atoms with E-state index in [1.165, 1.54) is 0 Å². The summed E-state index contributed by atoms with van der Waals surface area (Å²) in [6.45, 7) is 2.23. The highest BCUT2D eigenvalue weighted by Gasteiger charge is 2.53. The second kappa shape index (κ2) is 4.57. The molecule has 4 heteroatoms. The van der Waals surface area contributed by atoms with Gasteiger partial charge < -0.3 is 9.47 Å². The molecule has 1 aliphatic rings. The molecule has 4 nitrogen and oxygen atoms in total. The van der Waals surface area contributed by atoms with Crippen LogP contribution in [0.4, 0.5) is 0 Å². The summed E-state index contributed by atoms with van der Waals surface area (Å²) in [4.78, 5) is 23.9. The van der Waals surface area contributed by atoms with Crippen molar-refractivity contribution in [2.24, 2.45) is 0 Å². The normalized spacial score (nSPS) is 23.2. The van der Waals surface area contributed by atoms with E-state index in [0.717, 1.165) is 0 Å². The van der Waals surface area contributed by atoms with Crippen LogP contribution in [0.2, 0.25) is 0 Å². The summed E-state index contributed by atoms with van der Waals surface area (Å²) in [6.07, 6.45) is 0.342. The molecule has 0 aliphatic carbocycles. The van der Waals surface area contributed by atoms with E-state index in [0.29, 0.717) is 12.0 Å². The van der Waals surface area contributed by atoms with E-state index in [1.54, 1.807) is 31.2 Å². The van der Waals surface area contributed by atoms with Gasteiger partial charge in [0.15, 0.2) is 5.41 Å². The van der Waals surface area contributed by atoms with Crippen molar-refractivity contribution >= 4 is 11.9 Å². The second-order valence-corrected chi connectivity index (χ2v) is 3.88. The molecule has 2 rings (SSSR count). The summed E-state index contributed by atoms with van der Waals surface area (Å²) in [5.74, 6) is -1.03. The summed E-state index contributed by atoms with van der Waals surface area (Å²) >= 11 is 0. The summed E-state index contributed by atoms with van der Waals surface area (Å²) in [7, 11) is 0. The number of cyclic esters (lactones) is 1. The lowest BCUT2D eigenvalue weighted by molar-refractivity contribution is -0.158. The van der Waals surface area contributed by atoms with Crippen molar-refractivity contribution in [2.45, 2.75) is 18.8 Å². The Labute approximate surface area is 99.5 Å². The lowest BCUT2D eigenvalue weighted by Crippen LogP contribution is -2.41. The smallest absolute Gasteiger partial charge is 0.328 e. The fourth-order valence-electron chi connectivity index (χ4n) is 2.06. The minimum Gasteiger partial charge on any atom is -0.465 e. The third-order valence-corrected chi connectivity index (χ3v) is 2.95. The van der Waals surface area contributed by atoms with E-state index >= 15 is 0 Å². The molecule has 0 bridgehead atoms. The van der Waals surface area contributed by atoms with E-state index in [-0.39, 0.29) is 13.2 Å². The molecule has 0 aromatic heterocycles. The van der Waals surface area contributed by atoms with Gasteiger partial charge in [-0.05, 0) is 12.5 Å². The molecule has 0 saturated carbocycles. The van der Waals surface area contributed by atoms with Gasteiger partial charge in [0, 0.05) is 6.42 Å². The highest BCUT2D eigenvalue weighted by molar-refractivity contribution is 6.07. The summed E-state index contributed by atoms with van der Waals surface area (Å²) in [6, 6.07) is 8.93. The Kier molecular flexibility index (Phi) is 3.13. The van der Waals surface area contributed by atoms with Crippen LogP contribution < -0.4 is 0 Å². The molecule has 1 aromatic carbocycles. The molecule has 1 fully saturated rings. The lowest BCUT2D eigenvalue weighted by atomic mass is 9.79. The molecule has 1 aromatic rings. The predicted octanol–water partition coefficient (Wildman–Crippen LogP) is 1.43. The Morgan fingerprint density at radius 3 is 2.65 bits per heavy atom. The van der Waals surface area contributed by atoms with Crippen LogP contribution in [0.3, 0.4) is 0 Å². The monoisotopic (exact) mass is 234 g/mol. The molecule has 0 amide bonds. The van der Waals surface area contributed by atoms with Gasteiger partial charge in [0.1, 0.15) is 0 Å². The Morgan fingerprint density at radius 1 is 1.41 bits per heavy atom. The third kappa shape index (κ3) is 1.79. The number of carbonyl (C=O) groups is 2. The molecule has 0 spiro atoms. The average molecular weight is 234 g/mol. The Bertz CT molecular complexity index is 426. The van der Waals surface area contributed by atoms with Crippen molar-refractivity contribution in [2.75, 3.05) is 13.2 Å². The molecular formula is C13H14O4. The average Bonchev–Trinajstić information content (AvgIpc) is 2.73. The fourth-order valence-corrected chi connectivity index (χ4v) is 2.06. The van der Waals surface area contributed by atoms with Crippen molar-refractivity contribution in [3.63, 3.8) is 0 Å². The fraction of sp³-hybridized carbons (Fsp3) is 0.385. The van der Waals surface area contributed by atoms with Crippen molar-refractivity contribution in [1.82, 2.24) is 0 Å². The summed E-state index contributed by atoms with van der Waals surface area (Å²) in [5.41, 5.74) is -0.627. The first-order valence-electron chi connectivity index (χ1n) is 5.62. The van der Waals surface area contributed by atoms with Crippen LogP contribution in [-0.4, -0.2) is 25.2 Å². The van der Waals surface area contributed by atoms with Gasteiger partial charge in [0.2, 0.25) is 0 Å². The molecular weight excluding hydrogens is 220 g/mol. The third-order valence-electron chi connectivity index (χ3n) is 2.95. The molecule has 1 atom stereocenters. The molecule has 90 valence electrons. The number of carbonyl (C=O) groups excluding carboxylic acids is 2. The van der Waals surface area contributed by atoms with Gasteiger partial charge in [-0.2, -0.15) is 0 Å². The molecule has 1 aliphatic heterocycles. The maximum Gasteiger partial charge on any atom is 0.328 e. The van der Waals surface area contributed by atoms with Gasteiger partial charge in [-0.25, -0.2) is 0 Å². The topological polar surface area (TPSA) is 52.6 Å². The molecule has 1 heterocycles. The maximum atomic E-state index is 12.1. The molecule has 17 heavy (non-hydrogen) atoms. The van der Waals surface area contributed by atoms with Crippen LogP contribution in [0, 0.1) is 0 Å². The van der Waals surface area contributed by atoms with Gasteiger partial charge in [-0.15, -0.1) is 0 Å². The van der Waals surface area contributed by atoms with Gasteiger partial charge in [-0.1, -0.05) is 30.3 Å². The van der Waals surface area contributed by atoms with Gasteiger partial charge >= 0.3 is 11.9 Å². The number of benzene rings is 1. The van der Waals surface area contributed by atoms with Gasteiger partial charge in [0.25, 0.3) is 0 Å². The minimum absolute atomic E-state index is 0.251. The predicted molar refractivity (Wildman–Crippen MR) is 60.3 cm³/mol.